The van der Waals surface area contributed by atoms with Crippen LogP contribution in [0.25, 0.3) is 0 Å². The number of amides is 1. The fourth-order valence-electron chi connectivity index (χ4n) is 2.78. The van der Waals surface area contributed by atoms with Gasteiger partial charge in [-0.2, -0.15) is 5.10 Å². The van der Waals surface area contributed by atoms with Gasteiger partial charge in [0.15, 0.2) is 0 Å². The Labute approximate surface area is 191 Å². The van der Waals surface area contributed by atoms with Crippen molar-refractivity contribution in [1.29, 1.82) is 0 Å². The van der Waals surface area contributed by atoms with Crippen molar-refractivity contribution in [3.63, 3.8) is 0 Å². The minimum Gasteiger partial charge on any atom is -0.271 e. The van der Waals surface area contributed by atoms with Crippen molar-refractivity contribution in [1.82, 2.24) is 5.43 Å². The van der Waals surface area contributed by atoms with E-state index in [0.29, 0.717) is 10.0 Å². The molecule has 0 saturated carbocycles. The SMILES string of the molecule is Cc1cccc(/C=N\NC(=O)CN(c2cccc(Cl)c2)S(=O)(=O)c2ccc(Cl)cc2)c1. The van der Waals surface area contributed by atoms with Crippen molar-refractivity contribution >= 4 is 51.0 Å². The Bertz CT molecular complexity index is 1210. The van der Waals surface area contributed by atoms with Gasteiger partial charge in [0.1, 0.15) is 6.54 Å². The van der Waals surface area contributed by atoms with Gasteiger partial charge < -0.3 is 0 Å². The van der Waals surface area contributed by atoms with Crippen molar-refractivity contribution in [3.05, 3.63) is 94.0 Å². The predicted molar refractivity (Wildman–Crippen MR) is 124 cm³/mol. The van der Waals surface area contributed by atoms with Crippen LogP contribution in [0.5, 0.6) is 0 Å². The van der Waals surface area contributed by atoms with Crippen LogP contribution in [-0.4, -0.2) is 27.1 Å². The first-order chi connectivity index (χ1) is 14.8. The molecule has 0 radical (unpaired) electrons. The third-order valence-electron chi connectivity index (χ3n) is 4.23. The lowest BCUT2D eigenvalue weighted by molar-refractivity contribution is -0.119. The molecule has 1 amide bonds. The highest BCUT2D eigenvalue weighted by molar-refractivity contribution is 7.92. The van der Waals surface area contributed by atoms with Gasteiger partial charge in [0, 0.05) is 10.0 Å². The molecule has 0 saturated heterocycles. The standard InChI is InChI=1S/C22H19Cl2N3O3S/c1-16-4-2-5-17(12-16)14-25-26-22(28)15-27(20-7-3-6-19(24)13-20)31(29,30)21-10-8-18(23)9-11-21/h2-14H,15H2,1H3,(H,26,28)/b25-14-. The van der Waals surface area contributed by atoms with E-state index in [9.17, 15) is 13.2 Å². The average molecular weight is 476 g/mol. The highest BCUT2D eigenvalue weighted by Gasteiger charge is 2.27. The van der Waals surface area contributed by atoms with Crippen LogP contribution < -0.4 is 9.73 Å². The number of nitrogens with zero attached hydrogens (tertiary/aromatic N) is 2. The summed E-state index contributed by atoms with van der Waals surface area (Å²) in [5, 5.41) is 4.66. The number of hydrogen-bond acceptors (Lipinski definition) is 4. The molecule has 6 nitrogen and oxygen atoms in total. The van der Waals surface area contributed by atoms with Gasteiger partial charge in [0.2, 0.25) is 0 Å². The molecule has 0 heterocycles. The molecule has 0 aliphatic carbocycles. The zero-order valence-electron chi connectivity index (χ0n) is 16.5. The van der Waals surface area contributed by atoms with E-state index in [1.165, 1.54) is 36.5 Å². The van der Waals surface area contributed by atoms with Gasteiger partial charge >= 0.3 is 0 Å². The topological polar surface area (TPSA) is 78.8 Å². The van der Waals surface area contributed by atoms with E-state index in [0.717, 1.165) is 15.4 Å². The predicted octanol–water partition coefficient (Wildman–Crippen LogP) is 4.65. The minimum absolute atomic E-state index is 0.00654. The number of anilines is 1. The van der Waals surface area contributed by atoms with E-state index in [1.807, 2.05) is 31.2 Å². The highest BCUT2D eigenvalue weighted by Crippen LogP contribution is 2.26. The fourth-order valence-corrected chi connectivity index (χ4v) is 4.50. The third kappa shape index (κ3) is 6.07. The van der Waals surface area contributed by atoms with Crippen LogP contribution in [0.1, 0.15) is 11.1 Å². The second-order valence-electron chi connectivity index (χ2n) is 6.65. The molecule has 3 rings (SSSR count). The van der Waals surface area contributed by atoms with Crippen molar-refractivity contribution in [2.24, 2.45) is 5.10 Å². The summed E-state index contributed by atoms with van der Waals surface area (Å²) in [6, 6.07) is 19.5. The van der Waals surface area contributed by atoms with Crippen LogP contribution in [0.2, 0.25) is 10.0 Å². The van der Waals surface area contributed by atoms with Crippen LogP contribution >= 0.6 is 23.2 Å². The number of halogens is 2. The molecule has 1 N–H and O–H groups in total. The van der Waals surface area contributed by atoms with E-state index < -0.39 is 22.5 Å². The largest absolute Gasteiger partial charge is 0.271 e. The summed E-state index contributed by atoms with van der Waals surface area (Å²) in [6.07, 6.45) is 1.49. The first kappa shape index (κ1) is 22.8. The number of carbonyl (C=O) groups excluding carboxylic acids is 1. The summed E-state index contributed by atoms with van der Waals surface area (Å²) in [7, 11) is -4.06. The summed E-state index contributed by atoms with van der Waals surface area (Å²) >= 11 is 11.9. The Morgan fingerprint density at radius 1 is 1.00 bits per heavy atom. The van der Waals surface area contributed by atoms with Crippen LogP contribution in [0.3, 0.4) is 0 Å². The van der Waals surface area contributed by atoms with Gasteiger partial charge in [0.25, 0.3) is 15.9 Å². The average Bonchev–Trinajstić information content (AvgIpc) is 2.72. The van der Waals surface area contributed by atoms with E-state index >= 15 is 0 Å². The molecular weight excluding hydrogens is 457 g/mol. The quantitative estimate of drug-likeness (QED) is 0.399. The molecular formula is C22H19Cl2N3O3S. The Morgan fingerprint density at radius 3 is 2.39 bits per heavy atom. The number of carbonyl (C=O) groups is 1. The van der Waals surface area contributed by atoms with E-state index in [-0.39, 0.29) is 10.6 Å². The number of sulfonamides is 1. The molecule has 3 aromatic carbocycles. The van der Waals surface area contributed by atoms with E-state index in [4.69, 9.17) is 23.2 Å². The fraction of sp³-hybridized carbons (Fsp3) is 0.0909. The Balaban J connectivity index is 1.84. The van der Waals surface area contributed by atoms with Gasteiger partial charge in [0.05, 0.1) is 16.8 Å². The zero-order valence-corrected chi connectivity index (χ0v) is 18.8. The molecule has 0 spiro atoms. The van der Waals surface area contributed by atoms with Gasteiger partial charge in [-0.15, -0.1) is 0 Å². The Kier molecular flexibility index (Phi) is 7.33. The maximum Gasteiger partial charge on any atom is 0.264 e. The zero-order chi connectivity index (χ0) is 22.4. The third-order valence-corrected chi connectivity index (χ3v) is 6.51. The summed E-state index contributed by atoms with van der Waals surface area (Å²) in [5.74, 6) is -0.610. The van der Waals surface area contributed by atoms with Crippen molar-refractivity contribution in [2.45, 2.75) is 11.8 Å². The first-order valence-electron chi connectivity index (χ1n) is 9.18. The van der Waals surface area contributed by atoms with Crippen molar-refractivity contribution in [3.8, 4) is 0 Å². The lowest BCUT2D eigenvalue weighted by atomic mass is 10.2. The minimum atomic E-state index is -4.06. The first-order valence-corrected chi connectivity index (χ1v) is 11.4. The molecule has 0 unspecified atom stereocenters. The second kappa shape index (κ2) is 9.96. The lowest BCUT2D eigenvalue weighted by Crippen LogP contribution is -2.39. The Hall–Kier alpha value is -2.87. The molecule has 3 aromatic rings. The van der Waals surface area contributed by atoms with Crippen molar-refractivity contribution < 1.29 is 13.2 Å². The molecule has 31 heavy (non-hydrogen) atoms. The molecule has 0 aliphatic rings. The second-order valence-corrected chi connectivity index (χ2v) is 9.39. The summed E-state index contributed by atoms with van der Waals surface area (Å²) in [4.78, 5) is 12.5. The number of hydrogen-bond donors (Lipinski definition) is 1. The van der Waals surface area contributed by atoms with Gasteiger partial charge in [-0.05, 0) is 55.0 Å². The number of hydrazone groups is 1. The lowest BCUT2D eigenvalue weighted by Gasteiger charge is -2.23. The summed E-state index contributed by atoms with van der Waals surface area (Å²) < 4.78 is 27.5. The van der Waals surface area contributed by atoms with E-state index in [2.05, 4.69) is 10.5 Å². The number of benzene rings is 3. The van der Waals surface area contributed by atoms with Crippen molar-refractivity contribution in [2.75, 3.05) is 10.8 Å². The monoisotopic (exact) mass is 475 g/mol. The number of rotatable bonds is 7. The summed E-state index contributed by atoms with van der Waals surface area (Å²) in [6.45, 7) is 1.46. The van der Waals surface area contributed by atoms with Gasteiger partial charge in [-0.1, -0.05) is 59.1 Å². The molecule has 0 atom stereocenters. The molecule has 9 heteroatoms. The smallest absolute Gasteiger partial charge is 0.264 e. The normalized spacial score (nSPS) is 11.5. The molecule has 0 aromatic heterocycles. The number of aryl methyl sites for hydroxylation is 1. The maximum absolute atomic E-state index is 13.2. The molecule has 0 fully saturated rings. The van der Waals surface area contributed by atoms with E-state index in [1.54, 1.807) is 18.2 Å². The molecule has 0 aliphatic heterocycles. The van der Waals surface area contributed by atoms with Gasteiger partial charge in [-0.25, -0.2) is 13.8 Å². The molecule has 0 bridgehead atoms. The Morgan fingerprint density at radius 2 is 1.71 bits per heavy atom. The van der Waals surface area contributed by atoms with Crippen LogP contribution in [0.15, 0.2) is 82.8 Å². The maximum atomic E-state index is 13.2. The number of nitrogens with one attached hydrogen (secondary N) is 1. The van der Waals surface area contributed by atoms with Crippen LogP contribution in [0.4, 0.5) is 5.69 Å². The summed E-state index contributed by atoms with van der Waals surface area (Å²) in [5.41, 5.74) is 4.48. The molecule has 160 valence electrons. The highest BCUT2D eigenvalue weighted by atomic mass is 35.5. The van der Waals surface area contributed by atoms with Gasteiger partial charge in [-0.3, -0.25) is 9.10 Å². The van der Waals surface area contributed by atoms with Crippen LogP contribution in [0, 0.1) is 6.92 Å². The van der Waals surface area contributed by atoms with Crippen LogP contribution in [-0.2, 0) is 14.8 Å².